The largest absolute Gasteiger partial charge is 0.493 e. The van der Waals surface area contributed by atoms with Crippen LogP contribution in [0, 0.1) is 0 Å². The third-order valence-corrected chi connectivity index (χ3v) is 7.77. The van der Waals surface area contributed by atoms with E-state index in [0.717, 1.165) is 35.8 Å². The van der Waals surface area contributed by atoms with Crippen LogP contribution in [0.3, 0.4) is 0 Å². The lowest BCUT2D eigenvalue weighted by molar-refractivity contribution is 0.0623. The second kappa shape index (κ2) is 11.1. The highest BCUT2D eigenvalue weighted by Gasteiger charge is 2.27. The van der Waals surface area contributed by atoms with Crippen molar-refractivity contribution in [1.29, 1.82) is 0 Å². The lowest BCUT2D eigenvalue weighted by Crippen LogP contribution is -2.48. The number of ether oxygens (including phenoxy) is 3. The molecular formula is C25H33N3O4S. The highest BCUT2D eigenvalue weighted by molar-refractivity contribution is 7.99. The van der Waals surface area contributed by atoms with Gasteiger partial charge in [-0.15, -0.1) is 11.8 Å². The fourth-order valence-corrected chi connectivity index (χ4v) is 5.91. The van der Waals surface area contributed by atoms with Gasteiger partial charge in [0.25, 0.3) is 5.91 Å². The fraction of sp³-hybridized carbons (Fsp3) is 0.520. The predicted octanol–water partition coefficient (Wildman–Crippen LogP) is 4.10. The Bertz CT molecular complexity index is 957. The molecule has 1 saturated heterocycles. The summed E-state index contributed by atoms with van der Waals surface area (Å²) in [4.78, 5) is 22.2. The van der Waals surface area contributed by atoms with Gasteiger partial charge in [-0.3, -0.25) is 9.69 Å². The number of piperazine rings is 1. The van der Waals surface area contributed by atoms with Gasteiger partial charge in [0, 0.05) is 49.7 Å². The molecule has 2 aliphatic rings. The summed E-state index contributed by atoms with van der Waals surface area (Å²) in [6, 6.07) is 7.71. The summed E-state index contributed by atoms with van der Waals surface area (Å²) in [6.45, 7) is 3.71. The summed E-state index contributed by atoms with van der Waals surface area (Å²) in [6.07, 6.45) is 6.78. The van der Waals surface area contributed by atoms with Crippen molar-refractivity contribution in [3.8, 4) is 17.2 Å². The Balaban J connectivity index is 1.39. The average Bonchev–Trinajstić information content (AvgIpc) is 3.37. The zero-order valence-corrected chi connectivity index (χ0v) is 20.5. The molecule has 0 spiro atoms. The van der Waals surface area contributed by atoms with Gasteiger partial charge in [0.2, 0.25) is 5.75 Å². The van der Waals surface area contributed by atoms with Gasteiger partial charge in [0.1, 0.15) is 5.03 Å². The molecule has 1 saturated carbocycles. The van der Waals surface area contributed by atoms with E-state index in [2.05, 4.69) is 9.88 Å². The van der Waals surface area contributed by atoms with Gasteiger partial charge < -0.3 is 19.1 Å². The number of carbonyl (C=O) groups excluding carboxylic acids is 1. The van der Waals surface area contributed by atoms with E-state index >= 15 is 0 Å². The molecule has 1 aromatic carbocycles. The Morgan fingerprint density at radius 3 is 2.39 bits per heavy atom. The standard InChI is InChI=1S/C25H33N3O4S/c1-30-21-11-10-18(22(31-2)23(21)32-3)17-27-13-15-28(16-14-27)25(29)20-9-6-12-26-24(20)33-19-7-4-5-8-19/h6,9-12,19H,4-5,7-8,13-17H2,1-3H3. The molecule has 2 fully saturated rings. The maximum absolute atomic E-state index is 13.3. The summed E-state index contributed by atoms with van der Waals surface area (Å²) in [7, 11) is 4.88. The predicted molar refractivity (Wildman–Crippen MR) is 130 cm³/mol. The molecule has 2 heterocycles. The summed E-state index contributed by atoms with van der Waals surface area (Å²) < 4.78 is 16.5. The summed E-state index contributed by atoms with van der Waals surface area (Å²) in [5, 5.41) is 1.46. The Kier molecular flexibility index (Phi) is 7.98. The topological polar surface area (TPSA) is 64.1 Å². The number of amides is 1. The van der Waals surface area contributed by atoms with Crippen molar-refractivity contribution in [2.24, 2.45) is 0 Å². The number of carbonyl (C=O) groups is 1. The molecular weight excluding hydrogens is 438 g/mol. The first kappa shape index (κ1) is 23.7. The van der Waals surface area contributed by atoms with Crippen LogP contribution >= 0.6 is 11.8 Å². The molecule has 4 rings (SSSR count). The quantitative estimate of drug-likeness (QED) is 0.574. The molecule has 1 aliphatic carbocycles. The number of hydrogen-bond donors (Lipinski definition) is 0. The first-order chi connectivity index (χ1) is 16.1. The van der Waals surface area contributed by atoms with E-state index in [0.29, 0.717) is 35.6 Å². The molecule has 2 aromatic rings. The van der Waals surface area contributed by atoms with Crippen molar-refractivity contribution in [3.05, 3.63) is 41.6 Å². The number of methoxy groups -OCH3 is 3. The van der Waals surface area contributed by atoms with Gasteiger partial charge in [0.05, 0.1) is 26.9 Å². The van der Waals surface area contributed by atoms with E-state index in [4.69, 9.17) is 14.2 Å². The van der Waals surface area contributed by atoms with Crippen LogP contribution < -0.4 is 14.2 Å². The van der Waals surface area contributed by atoms with E-state index in [1.165, 1.54) is 25.7 Å². The monoisotopic (exact) mass is 471 g/mol. The lowest BCUT2D eigenvalue weighted by atomic mass is 10.1. The number of pyridine rings is 1. The average molecular weight is 472 g/mol. The molecule has 1 aromatic heterocycles. The molecule has 0 N–H and O–H groups in total. The van der Waals surface area contributed by atoms with E-state index in [1.54, 1.807) is 39.3 Å². The molecule has 33 heavy (non-hydrogen) atoms. The molecule has 0 unspecified atom stereocenters. The maximum atomic E-state index is 13.3. The third kappa shape index (κ3) is 5.38. The van der Waals surface area contributed by atoms with Gasteiger partial charge in [-0.1, -0.05) is 18.9 Å². The number of thioether (sulfide) groups is 1. The van der Waals surface area contributed by atoms with Gasteiger partial charge in [-0.05, 0) is 31.0 Å². The van der Waals surface area contributed by atoms with Crippen LogP contribution in [-0.4, -0.2) is 73.4 Å². The molecule has 1 aliphatic heterocycles. The minimum absolute atomic E-state index is 0.0898. The second-order valence-corrected chi connectivity index (χ2v) is 9.73. The van der Waals surface area contributed by atoms with Crippen LogP contribution in [-0.2, 0) is 6.54 Å². The van der Waals surface area contributed by atoms with Gasteiger partial charge >= 0.3 is 0 Å². The zero-order chi connectivity index (χ0) is 23.2. The van der Waals surface area contributed by atoms with Gasteiger partial charge in [0.15, 0.2) is 11.5 Å². The van der Waals surface area contributed by atoms with Crippen molar-refractivity contribution >= 4 is 17.7 Å². The van der Waals surface area contributed by atoms with Crippen molar-refractivity contribution in [2.45, 2.75) is 42.5 Å². The molecule has 178 valence electrons. The van der Waals surface area contributed by atoms with Crippen molar-refractivity contribution in [1.82, 2.24) is 14.8 Å². The summed E-state index contributed by atoms with van der Waals surface area (Å²) in [5.74, 6) is 2.04. The molecule has 1 amide bonds. The SMILES string of the molecule is COc1ccc(CN2CCN(C(=O)c3cccnc3SC3CCCC3)CC2)c(OC)c1OC. The Morgan fingerprint density at radius 2 is 1.73 bits per heavy atom. The number of benzene rings is 1. The molecule has 0 radical (unpaired) electrons. The minimum Gasteiger partial charge on any atom is -0.493 e. The van der Waals surface area contributed by atoms with Gasteiger partial charge in [-0.25, -0.2) is 4.98 Å². The molecule has 8 heteroatoms. The van der Waals surface area contributed by atoms with E-state index in [1.807, 2.05) is 29.2 Å². The minimum atomic E-state index is 0.0898. The number of hydrogen-bond acceptors (Lipinski definition) is 7. The van der Waals surface area contributed by atoms with Crippen LogP contribution in [0.5, 0.6) is 17.2 Å². The first-order valence-corrected chi connectivity index (χ1v) is 12.4. The van der Waals surface area contributed by atoms with Crippen LogP contribution in [0.2, 0.25) is 0 Å². The molecule has 0 bridgehead atoms. The van der Waals surface area contributed by atoms with E-state index in [-0.39, 0.29) is 5.91 Å². The Labute approximate surface area is 200 Å². The van der Waals surface area contributed by atoms with E-state index < -0.39 is 0 Å². The number of rotatable bonds is 8. The first-order valence-electron chi connectivity index (χ1n) is 11.6. The summed E-state index contributed by atoms with van der Waals surface area (Å²) >= 11 is 1.78. The highest BCUT2D eigenvalue weighted by Crippen LogP contribution is 2.40. The second-order valence-electron chi connectivity index (χ2n) is 8.44. The van der Waals surface area contributed by atoms with Gasteiger partial charge in [-0.2, -0.15) is 0 Å². The summed E-state index contributed by atoms with van der Waals surface area (Å²) in [5.41, 5.74) is 1.78. The third-order valence-electron chi connectivity index (χ3n) is 6.42. The van der Waals surface area contributed by atoms with Crippen molar-refractivity contribution in [2.75, 3.05) is 47.5 Å². The fourth-order valence-electron chi connectivity index (χ4n) is 4.62. The molecule has 7 nitrogen and oxygen atoms in total. The van der Waals surface area contributed by atoms with Crippen molar-refractivity contribution in [3.63, 3.8) is 0 Å². The smallest absolute Gasteiger partial charge is 0.256 e. The Hall–Kier alpha value is -2.45. The maximum Gasteiger partial charge on any atom is 0.256 e. The normalized spacial score (nSPS) is 17.2. The Morgan fingerprint density at radius 1 is 1.00 bits per heavy atom. The van der Waals surface area contributed by atoms with Crippen LogP contribution in [0.25, 0.3) is 0 Å². The van der Waals surface area contributed by atoms with Crippen LogP contribution in [0.1, 0.15) is 41.6 Å². The van der Waals surface area contributed by atoms with E-state index in [9.17, 15) is 4.79 Å². The number of aromatic nitrogens is 1. The van der Waals surface area contributed by atoms with Crippen molar-refractivity contribution < 1.29 is 19.0 Å². The zero-order valence-electron chi connectivity index (χ0n) is 19.7. The molecule has 0 atom stereocenters. The number of nitrogens with zero attached hydrogens (tertiary/aromatic N) is 3. The highest BCUT2D eigenvalue weighted by atomic mass is 32.2. The lowest BCUT2D eigenvalue weighted by Gasteiger charge is -2.35. The van der Waals surface area contributed by atoms with Crippen LogP contribution in [0.15, 0.2) is 35.5 Å². The van der Waals surface area contributed by atoms with Crippen LogP contribution in [0.4, 0.5) is 0 Å².